The van der Waals surface area contributed by atoms with Crippen LogP contribution in [0.15, 0.2) is 73.4 Å². The first kappa shape index (κ1) is 15.9. The summed E-state index contributed by atoms with van der Waals surface area (Å²) >= 11 is 0. The molecule has 4 aromatic rings. The number of pyridine rings is 1. The largest absolute Gasteiger partial charge is 0.365 e. The SMILES string of the molecule is Fc1ccc(-c2ccc(NCc3ccnc(-n4ccnc4)c3)nn2)cc1. The van der Waals surface area contributed by atoms with Crippen LogP contribution in [0.4, 0.5) is 10.2 Å². The summed E-state index contributed by atoms with van der Waals surface area (Å²) < 4.78 is 14.8. The van der Waals surface area contributed by atoms with E-state index >= 15 is 0 Å². The normalized spacial score (nSPS) is 10.7. The maximum Gasteiger partial charge on any atom is 0.148 e. The molecular weight excluding hydrogens is 331 g/mol. The molecule has 0 fully saturated rings. The quantitative estimate of drug-likeness (QED) is 0.599. The lowest BCUT2D eigenvalue weighted by molar-refractivity contribution is 0.628. The fourth-order valence-corrected chi connectivity index (χ4v) is 2.50. The number of halogens is 1. The summed E-state index contributed by atoms with van der Waals surface area (Å²) in [7, 11) is 0. The smallest absolute Gasteiger partial charge is 0.148 e. The highest BCUT2D eigenvalue weighted by Gasteiger charge is 2.03. The number of nitrogens with zero attached hydrogens (tertiary/aromatic N) is 5. The zero-order valence-corrected chi connectivity index (χ0v) is 13.7. The molecule has 1 N–H and O–H groups in total. The van der Waals surface area contributed by atoms with E-state index < -0.39 is 0 Å². The summed E-state index contributed by atoms with van der Waals surface area (Å²) in [6.07, 6.45) is 7.03. The minimum atomic E-state index is -0.271. The van der Waals surface area contributed by atoms with Crippen molar-refractivity contribution < 1.29 is 4.39 Å². The maximum atomic E-state index is 13.0. The highest BCUT2D eigenvalue weighted by molar-refractivity contribution is 5.59. The van der Waals surface area contributed by atoms with Crippen molar-refractivity contribution in [2.24, 2.45) is 0 Å². The molecule has 0 bridgehead atoms. The fourth-order valence-electron chi connectivity index (χ4n) is 2.50. The predicted octanol–water partition coefficient (Wildman–Crippen LogP) is 3.48. The first-order valence-electron chi connectivity index (χ1n) is 8.05. The van der Waals surface area contributed by atoms with E-state index in [-0.39, 0.29) is 5.82 Å². The number of hydrogen-bond donors (Lipinski definition) is 1. The molecule has 0 aliphatic heterocycles. The van der Waals surface area contributed by atoms with Crippen molar-refractivity contribution in [3.63, 3.8) is 0 Å². The summed E-state index contributed by atoms with van der Waals surface area (Å²) in [5.41, 5.74) is 2.58. The van der Waals surface area contributed by atoms with Gasteiger partial charge in [-0.2, -0.15) is 0 Å². The Bertz CT molecular complexity index is 981. The lowest BCUT2D eigenvalue weighted by atomic mass is 10.1. The van der Waals surface area contributed by atoms with E-state index in [2.05, 4.69) is 25.5 Å². The van der Waals surface area contributed by atoms with E-state index in [0.29, 0.717) is 18.1 Å². The Kier molecular flexibility index (Phi) is 4.34. The number of anilines is 1. The van der Waals surface area contributed by atoms with Crippen LogP contribution in [0.5, 0.6) is 0 Å². The molecule has 0 saturated carbocycles. The molecule has 0 aliphatic rings. The molecule has 6 nitrogen and oxygen atoms in total. The number of nitrogens with one attached hydrogen (secondary N) is 1. The Labute approximate surface area is 149 Å². The molecule has 128 valence electrons. The maximum absolute atomic E-state index is 13.0. The molecule has 0 atom stereocenters. The van der Waals surface area contributed by atoms with Gasteiger partial charge >= 0.3 is 0 Å². The second kappa shape index (κ2) is 7.10. The Morgan fingerprint density at radius 3 is 2.58 bits per heavy atom. The van der Waals surface area contributed by atoms with Crippen molar-refractivity contribution in [2.45, 2.75) is 6.54 Å². The highest BCUT2D eigenvalue weighted by Crippen LogP contribution is 2.17. The van der Waals surface area contributed by atoms with Gasteiger partial charge in [0.2, 0.25) is 0 Å². The van der Waals surface area contributed by atoms with Gasteiger partial charge in [-0.25, -0.2) is 14.4 Å². The molecule has 26 heavy (non-hydrogen) atoms. The molecule has 0 aliphatic carbocycles. The third kappa shape index (κ3) is 3.56. The van der Waals surface area contributed by atoms with Gasteiger partial charge in [-0.15, -0.1) is 10.2 Å². The molecule has 1 aromatic carbocycles. The summed E-state index contributed by atoms with van der Waals surface area (Å²) in [6.45, 7) is 0.592. The van der Waals surface area contributed by atoms with E-state index in [1.165, 1.54) is 12.1 Å². The van der Waals surface area contributed by atoms with E-state index in [1.807, 2.05) is 35.0 Å². The number of benzene rings is 1. The van der Waals surface area contributed by atoms with E-state index in [0.717, 1.165) is 16.9 Å². The second-order valence-corrected chi connectivity index (χ2v) is 5.66. The molecule has 0 amide bonds. The van der Waals surface area contributed by atoms with Gasteiger partial charge in [0.15, 0.2) is 0 Å². The third-order valence-corrected chi connectivity index (χ3v) is 3.86. The van der Waals surface area contributed by atoms with Gasteiger partial charge in [-0.1, -0.05) is 0 Å². The van der Waals surface area contributed by atoms with Gasteiger partial charge < -0.3 is 5.32 Å². The van der Waals surface area contributed by atoms with Crippen molar-refractivity contribution in [3.05, 3.63) is 84.8 Å². The fraction of sp³-hybridized carbons (Fsp3) is 0.0526. The summed E-state index contributed by atoms with van der Waals surface area (Å²) in [6, 6.07) is 13.8. The third-order valence-electron chi connectivity index (χ3n) is 3.86. The van der Waals surface area contributed by atoms with Crippen LogP contribution >= 0.6 is 0 Å². The van der Waals surface area contributed by atoms with Gasteiger partial charge in [0.25, 0.3) is 0 Å². The molecule has 0 saturated heterocycles. The Balaban J connectivity index is 1.43. The van der Waals surface area contributed by atoms with Crippen LogP contribution in [-0.4, -0.2) is 24.7 Å². The van der Waals surface area contributed by atoms with Crippen LogP contribution in [0, 0.1) is 5.82 Å². The van der Waals surface area contributed by atoms with E-state index in [1.54, 1.807) is 30.9 Å². The summed E-state index contributed by atoms with van der Waals surface area (Å²) in [5, 5.41) is 11.6. The number of imidazole rings is 1. The van der Waals surface area contributed by atoms with Crippen molar-refractivity contribution in [2.75, 3.05) is 5.32 Å². The van der Waals surface area contributed by atoms with Crippen molar-refractivity contribution in [1.82, 2.24) is 24.7 Å². The van der Waals surface area contributed by atoms with Gasteiger partial charge in [-0.05, 0) is 54.1 Å². The van der Waals surface area contributed by atoms with Gasteiger partial charge in [-0.3, -0.25) is 4.57 Å². The number of aromatic nitrogens is 5. The lowest BCUT2D eigenvalue weighted by Gasteiger charge is -2.08. The van der Waals surface area contributed by atoms with Crippen LogP contribution in [-0.2, 0) is 6.54 Å². The Morgan fingerprint density at radius 2 is 1.85 bits per heavy atom. The number of hydrogen-bond acceptors (Lipinski definition) is 5. The van der Waals surface area contributed by atoms with Crippen molar-refractivity contribution in [3.8, 4) is 17.1 Å². The minimum absolute atomic E-state index is 0.271. The molecule has 0 radical (unpaired) electrons. The van der Waals surface area contributed by atoms with E-state index in [9.17, 15) is 4.39 Å². The standard InChI is InChI=1S/C19H15FN6/c20-16-3-1-15(2-4-16)17-5-6-18(25-24-17)23-12-14-7-8-22-19(11-14)26-10-9-21-13-26/h1-11,13H,12H2,(H,23,25). The predicted molar refractivity (Wildman–Crippen MR) is 96.1 cm³/mol. The molecular formula is C19H15FN6. The summed E-state index contributed by atoms with van der Waals surface area (Å²) in [4.78, 5) is 8.36. The van der Waals surface area contributed by atoms with Gasteiger partial charge in [0.05, 0.1) is 5.69 Å². The minimum Gasteiger partial charge on any atom is -0.365 e. The van der Waals surface area contributed by atoms with Crippen molar-refractivity contribution in [1.29, 1.82) is 0 Å². The average Bonchev–Trinajstić information content (AvgIpc) is 3.23. The zero-order valence-electron chi connectivity index (χ0n) is 13.7. The Morgan fingerprint density at radius 1 is 0.962 bits per heavy atom. The summed E-state index contributed by atoms with van der Waals surface area (Å²) in [5.74, 6) is 1.20. The molecule has 4 rings (SSSR count). The molecule has 3 heterocycles. The molecule has 0 spiro atoms. The molecule has 0 unspecified atom stereocenters. The van der Waals surface area contributed by atoms with Crippen LogP contribution in [0.25, 0.3) is 17.1 Å². The highest BCUT2D eigenvalue weighted by atomic mass is 19.1. The topological polar surface area (TPSA) is 68.5 Å². The first-order valence-corrected chi connectivity index (χ1v) is 8.05. The van der Waals surface area contributed by atoms with Crippen molar-refractivity contribution >= 4 is 5.82 Å². The van der Waals surface area contributed by atoms with E-state index in [4.69, 9.17) is 0 Å². The second-order valence-electron chi connectivity index (χ2n) is 5.66. The number of rotatable bonds is 5. The van der Waals surface area contributed by atoms with Crippen LogP contribution < -0.4 is 5.32 Å². The lowest BCUT2D eigenvalue weighted by Crippen LogP contribution is -2.04. The van der Waals surface area contributed by atoms with Crippen LogP contribution in [0.2, 0.25) is 0 Å². The zero-order chi connectivity index (χ0) is 17.8. The average molecular weight is 346 g/mol. The Hall–Kier alpha value is -3.61. The monoisotopic (exact) mass is 346 g/mol. The van der Waals surface area contributed by atoms with Gasteiger partial charge in [0, 0.05) is 30.7 Å². The van der Waals surface area contributed by atoms with Gasteiger partial charge in [0.1, 0.15) is 23.8 Å². The molecule has 3 aromatic heterocycles. The molecule has 7 heteroatoms. The first-order chi connectivity index (χ1) is 12.8. The van der Waals surface area contributed by atoms with Crippen LogP contribution in [0.1, 0.15) is 5.56 Å². The van der Waals surface area contributed by atoms with Crippen LogP contribution in [0.3, 0.4) is 0 Å².